The topological polar surface area (TPSA) is 49.8 Å². The summed E-state index contributed by atoms with van der Waals surface area (Å²) in [5.41, 5.74) is 0. The van der Waals surface area contributed by atoms with Crippen molar-refractivity contribution in [3.8, 4) is 0 Å². The second kappa shape index (κ2) is 34.0. The lowest BCUT2D eigenvalue weighted by Gasteiger charge is -2.26. The molecule has 0 aliphatic carbocycles. The van der Waals surface area contributed by atoms with Crippen LogP contribution in [0.1, 0.15) is 220 Å². The molecule has 0 aromatic heterocycles. The van der Waals surface area contributed by atoms with E-state index in [1.54, 1.807) is 4.67 Å². The molecule has 5 heteroatoms. The Labute approximate surface area is 265 Å². The summed E-state index contributed by atoms with van der Waals surface area (Å²) in [7, 11) is -3.66. The molecule has 0 fully saturated rings. The van der Waals surface area contributed by atoms with E-state index in [-0.39, 0.29) is 0 Å². The Morgan fingerprint density at radius 2 is 0.643 bits per heavy atom. The molecule has 0 rings (SSSR count). The van der Waals surface area contributed by atoms with Gasteiger partial charge >= 0.3 is 7.75 Å². The summed E-state index contributed by atoms with van der Waals surface area (Å²) in [6, 6.07) is 0. The van der Waals surface area contributed by atoms with Crippen LogP contribution in [0.5, 0.6) is 0 Å². The predicted molar refractivity (Wildman–Crippen MR) is 187 cm³/mol. The summed E-state index contributed by atoms with van der Waals surface area (Å²) in [6.07, 6.45) is 41.0. The first-order valence-corrected chi connectivity index (χ1v) is 20.8. The molecule has 42 heavy (non-hydrogen) atoms. The summed E-state index contributed by atoms with van der Waals surface area (Å²) in [5.74, 6) is 0. The van der Waals surface area contributed by atoms with E-state index in [0.29, 0.717) is 19.7 Å². The summed E-state index contributed by atoms with van der Waals surface area (Å²) in [6.45, 7) is 8.31. The zero-order valence-corrected chi connectivity index (χ0v) is 30.1. The first-order valence-electron chi connectivity index (χ1n) is 19.3. The van der Waals surface area contributed by atoms with E-state index in [0.717, 1.165) is 32.1 Å². The zero-order chi connectivity index (χ0) is 30.8. The molecule has 0 amide bonds. The maximum Gasteiger partial charge on any atom is 0.405 e. The Kier molecular flexibility index (Phi) is 34.1. The molecular weight excluding hydrogens is 537 g/mol. The molecule has 0 aromatic rings. The third-order valence-electron chi connectivity index (χ3n) is 8.86. The highest BCUT2D eigenvalue weighted by molar-refractivity contribution is 7.50. The van der Waals surface area contributed by atoms with Crippen molar-refractivity contribution in [2.45, 2.75) is 220 Å². The monoisotopic (exact) mass is 616 g/mol. The lowest BCUT2D eigenvalue weighted by atomic mass is 10.0. The van der Waals surface area contributed by atoms with E-state index in [4.69, 9.17) is 4.52 Å². The summed E-state index contributed by atoms with van der Waals surface area (Å²) < 4.78 is 20.1. The predicted octanol–water partition coefficient (Wildman–Crippen LogP) is 13.6. The van der Waals surface area contributed by atoms with Crippen molar-refractivity contribution in [2.24, 2.45) is 0 Å². The molecule has 254 valence electrons. The minimum Gasteiger partial charge on any atom is -0.312 e. The highest BCUT2D eigenvalue weighted by atomic mass is 31.2. The van der Waals surface area contributed by atoms with Gasteiger partial charge < -0.3 is 4.89 Å². The van der Waals surface area contributed by atoms with E-state index >= 15 is 0 Å². The first kappa shape index (κ1) is 42.1. The molecule has 1 N–H and O–H groups in total. The average Bonchev–Trinajstić information content (AvgIpc) is 2.98. The number of hydrogen-bond acceptors (Lipinski definition) is 2. The van der Waals surface area contributed by atoms with Crippen LogP contribution in [-0.4, -0.2) is 29.3 Å². The van der Waals surface area contributed by atoms with Gasteiger partial charge in [0, 0.05) is 13.1 Å². The van der Waals surface area contributed by atoms with E-state index in [1.807, 2.05) is 6.92 Å². The summed E-state index contributed by atoms with van der Waals surface area (Å²) in [5, 5.41) is 0. The van der Waals surface area contributed by atoms with Crippen molar-refractivity contribution in [3.63, 3.8) is 0 Å². The molecule has 4 nitrogen and oxygen atoms in total. The van der Waals surface area contributed by atoms with Crippen molar-refractivity contribution in [3.05, 3.63) is 0 Å². The largest absolute Gasteiger partial charge is 0.405 e. The molecule has 1 unspecified atom stereocenters. The highest BCUT2D eigenvalue weighted by Crippen LogP contribution is 2.46. The van der Waals surface area contributed by atoms with Crippen LogP contribution in [0.3, 0.4) is 0 Å². The first-order chi connectivity index (χ1) is 20.6. The van der Waals surface area contributed by atoms with Gasteiger partial charge in [0.15, 0.2) is 0 Å². The van der Waals surface area contributed by atoms with Gasteiger partial charge in [-0.3, -0.25) is 4.52 Å². The Hall–Kier alpha value is 0.110. The molecule has 0 spiro atoms. The van der Waals surface area contributed by atoms with Crippen LogP contribution in [0, 0.1) is 0 Å². The highest BCUT2D eigenvalue weighted by Gasteiger charge is 2.28. The van der Waals surface area contributed by atoms with Gasteiger partial charge in [0.25, 0.3) is 0 Å². The van der Waals surface area contributed by atoms with Crippen LogP contribution < -0.4 is 0 Å². The van der Waals surface area contributed by atoms with E-state index in [2.05, 4.69) is 13.8 Å². The van der Waals surface area contributed by atoms with Gasteiger partial charge in [0.1, 0.15) is 0 Å². The fourth-order valence-corrected chi connectivity index (χ4v) is 7.36. The molecule has 0 aliphatic rings. The van der Waals surface area contributed by atoms with Crippen LogP contribution in [0.2, 0.25) is 0 Å². The molecule has 0 bridgehead atoms. The Morgan fingerprint density at radius 1 is 0.405 bits per heavy atom. The van der Waals surface area contributed by atoms with Crippen LogP contribution in [-0.2, 0) is 9.09 Å². The Bertz CT molecular complexity index is 525. The van der Waals surface area contributed by atoms with Crippen LogP contribution in [0.15, 0.2) is 0 Å². The maximum absolute atomic E-state index is 12.9. The number of unbranched alkanes of at least 4 members (excludes halogenated alkanes) is 28. The number of hydrogen-bond donors (Lipinski definition) is 1. The van der Waals surface area contributed by atoms with Gasteiger partial charge in [-0.2, -0.15) is 0 Å². The van der Waals surface area contributed by atoms with Gasteiger partial charge in [-0.15, -0.1) is 0 Å². The standard InChI is InChI=1S/C37H78NO3P/c1-4-7-9-11-13-15-17-19-21-23-25-27-29-31-33-35-38(42(39,40)41-37-6-3)36-34-32-30-28-26-24-22-20-18-16-14-12-10-8-5-2/h4-37H2,1-3H3,(H,39,40). The summed E-state index contributed by atoms with van der Waals surface area (Å²) in [4.78, 5) is 10.6. The molecule has 0 saturated heterocycles. The molecule has 1 atom stereocenters. The molecular formula is C37H78NO3P. The Balaban J connectivity index is 3.82. The van der Waals surface area contributed by atoms with E-state index in [1.165, 1.54) is 167 Å². The summed E-state index contributed by atoms with van der Waals surface area (Å²) >= 11 is 0. The van der Waals surface area contributed by atoms with Crippen molar-refractivity contribution in [2.75, 3.05) is 19.7 Å². The second-order valence-electron chi connectivity index (χ2n) is 13.2. The minimum atomic E-state index is -3.66. The molecule has 0 radical (unpaired) electrons. The molecule has 0 heterocycles. The van der Waals surface area contributed by atoms with Gasteiger partial charge in [-0.1, -0.05) is 201 Å². The average molecular weight is 616 g/mol. The molecule has 0 aromatic carbocycles. The fourth-order valence-electron chi connectivity index (χ4n) is 5.99. The SMILES string of the molecule is CCCCCCCCCCCCCCCCCN(CCCCCCCCCCCCCCCCC)P(=O)(O)OCCC. The normalized spacial score (nSPS) is 13.3. The third-order valence-corrected chi connectivity index (χ3v) is 10.5. The van der Waals surface area contributed by atoms with E-state index < -0.39 is 7.75 Å². The van der Waals surface area contributed by atoms with Crippen molar-refractivity contribution < 1.29 is 14.0 Å². The lowest BCUT2D eigenvalue weighted by molar-refractivity contribution is 0.197. The van der Waals surface area contributed by atoms with Crippen molar-refractivity contribution >= 4 is 7.75 Å². The Morgan fingerprint density at radius 3 is 0.881 bits per heavy atom. The number of rotatable bonds is 36. The second-order valence-corrected chi connectivity index (χ2v) is 15.0. The molecule has 0 saturated carbocycles. The van der Waals surface area contributed by atoms with E-state index in [9.17, 15) is 9.46 Å². The smallest absolute Gasteiger partial charge is 0.312 e. The maximum atomic E-state index is 12.9. The van der Waals surface area contributed by atoms with Gasteiger partial charge in [0.05, 0.1) is 6.61 Å². The van der Waals surface area contributed by atoms with Gasteiger partial charge in [-0.05, 0) is 19.3 Å². The lowest BCUT2D eigenvalue weighted by Crippen LogP contribution is -2.24. The van der Waals surface area contributed by atoms with Gasteiger partial charge in [0.2, 0.25) is 0 Å². The van der Waals surface area contributed by atoms with Crippen LogP contribution in [0.25, 0.3) is 0 Å². The fraction of sp³-hybridized carbons (Fsp3) is 1.00. The third kappa shape index (κ3) is 30.1. The number of nitrogens with zero attached hydrogens (tertiary/aromatic N) is 1. The minimum absolute atomic E-state index is 0.363. The zero-order valence-electron chi connectivity index (χ0n) is 29.2. The van der Waals surface area contributed by atoms with Crippen molar-refractivity contribution in [1.82, 2.24) is 4.67 Å². The van der Waals surface area contributed by atoms with Crippen LogP contribution in [0.4, 0.5) is 0 Å². The quantitative estimate of drug-likeness (QED) is 0.0562. The van der Waals surface area contributed by atoms with Crippen molar-refractivity contribution in [1.29, 1.82) is 0 Å². The molecule has 0 aliphatic heterocycles. The van der Waals surface area contributed by atoms with Crippen LogP contribution >= 0.6 is 7.75 Å². The van der Waals surface area contributed by atoms with Gasteiger partial charge in [-0.25, -0.2) is 9.24 Å².